The number of esters is 1. The van der Waals surface area contributed by atoms with Crippen molar-refractivity contribution in [3.63, 3.8) is 0 Å². The summed E-state index contributed by atoms with van der Waals surface area (Å²) >= 11 is 0. The Kier molecular flexibility index (Phi) is 4.40. The third-order valence-corrected chi connectivity index (χ3v) is 3.11. The molecule has 8 heteroatoms. The van der Waals surface area contributed by atoms with E-state index in [4.69, 9.17) is 9.84 Å². The molecule has 2 aromatic rings. The highest BCUT2D eigenvalue weighted by Gasteiger charge is 2.26. The van der Waals surface area contributed by atoms with E-state index >= 15 is 0 Å². The molecule has 0 radical (unpaired) electrons. The smallest absolute Gasteiger partial charge is 0.312 e. The van der Waals surface area contributed by atoms with Gasteiger partial charge in [0.15, 0.2) is 0 Å². The fourth-order valence-corrected chi connectivity index (χ4v) is 2.35. The SMILES string of the molecule is CCOC(=O)Cc1[nH]c2cccc(CC(=O)O)c2c1[N+](=O)[O-]. The van der Waals surface area contributed by atoms with Crippen LogP contribution in [0.3, 0.4) is 0 Å². The van der Waals surface area contributed by atoms with Gasteiger partial charge in [-0.25, -0.2) is 0 Å². The fourth-order valence-electron chi connectivity index (χ4n) is 2.35. The van der Waals surface area contributed by atoms with Gasteiger partial charge in [-0.05, 0) is 18.6 Å². The van der Waals surface area contributed by atoms with Gasteiger partial charge >= 0.3 is 11.9 Å². The van der Waals surface area contributed by atoms with E-state index in [-0.39, 0.29) is 36.2 Å². The predicted molar refractivity (Wildman–Crippen MR) is 76.6 cm³/mol. The lowest BCUT2D eigenvalue weighted by molar-refractivity contribution is -0.383. The van der Waals surface area contributed by atoms with Crippen LogP contribution in [-0.4, -0.2) is 33.6 Å². The Morgan fingerprint density at radius 2 is 2.09 bits per heavy atom. The molecule has 0 unspecified atom stereocenters. The van der Waals surface area contributed by atoms with Crippen LogP contribution >= 0.6 is 0 Å². The minimum Gasteiger partial charge on any atom is -0.481 e. The Bertz CT molecular complexity index is 749. The highest BCUT2D eigenvalue weighted by Crippen LogP contribution is 2.33. The number of aliphatic carboxylic acids is 1. The molecule has 2 N–H and O–H groups in total. The third-order valence-electron chi connectivity index (χ3n) is 3.11. The number of hydrogen-bond donors (Lipinski definition) is 2. The van der Waals surface area contributed by atoms with Crippen molar-refractivity contribution in [1.29, 1.82) is 0 Å². The summed E-state index contributed by atoms with van der Waals surface area (Å²) in [6.07, 6.45) is -0.611. The summed E-state index contributed by atoms with van der Waals surface area (Å²) in [5.74, 6) is -1.67. The number of nitrogens with one attached hydrogen (secondary N) is 1. The van der Waals surface area contributed by atoms with Crippen molar-refractivity contribution in [1.82, 2.24) is 4.98 Å². The zero-order chi connectivity index (χ0) is 16.3. The van der Waals surface area contributed by atoms with E-state index in [1.165, 1.54) is 6.07 Å². The number of hydrogen-bond acceptors (Lipinski definition) is 5. The molecule has 0 saturated carbocycles. The monoisotopic (exact) mass is 306 g/mol. The number of benzene rings is 1. The zero-order valence-electron chi connectivity index (χ0n) is 11.8. The first kappa shape index (κ1) is 15.5. The van der Waals surface area contributed by atoms with Crippen molar-refractivity contribution >= 4 is 28.5 Å². The number of nitrogens with zero attached hydrogens (tertiary/aromatic N) is 1. The number of carbonyl (C=O) groups excluding carboxylic acids is 1. The lowest BCUT2D eigenvalue weighted by Crippen LogP contribution is -2.09. The van der Waals surface area contributed by atoms with Gasteiger partial charge in [-0.1, -0.05) is 12.1 Å². The summed E-state index contributed by atoms with van der Waals surface area (Å²) in [5.41, 5.74) is 0.573. The average Bonchev–Trinajstić information content (AvgIpc) is 2.77. The molecule has 116 valence electrons. The first-order chi connectivity index (χ1) is 10.4. The van der Waals surface area contributed by atoms with Crippen LogP contribution in [0.5, 0.6) is 0 Å². The molecule has 22 heavy (non-hydrogen) atoms. The van der Waals surface area contributed by atoms with E-state index in [0.717, 1.165) is 0 Å². The van der Waals surface area contributed by atoms with Crippen LogP contribution in [0.4, 0.5) is 5.69 Å². The summed E-state index contributed by atoms with van der Waals surface area (Å²) in [6.45, 7) is 1.82. The second-order valence-corrected chi connectivity index (χ2v) is 4.60. The van der Waals surface area contributed by atoms with Gasteiger partial charge in [0.25, 0.3) is 5.69 Å². The molecule has 0 saturated heterocycles. The van der Waals surface area contributed by atoms with Crippen molar-refractivity contribution in [3.05, 3.63) is 39.6 Å². The molecule has 1 aromatic carbocycles. The average molecular weight is 306 g/mol. The van der Waals surface area contributed by atoms with Crippen LogP contribution in [-0.2, 0) is 27.2 Å². The van der Waals surface area contributed by atoms with Crippen LogP contribution in [0.2, 0.25) is 0 Å². The summed E-state index contributed by atoms with van der Waals surface area (Å²) in [5, 5.41) is 20.5. The highest BCUT2D eigenvalue weighted by molar-refractivity contribution is 5.96. The van der Waals surface area contributed by atoms with Crippen LogP contribution in [0.25, 0.3) is 10.9 Å². The second kappa shape index (κ2) is 6.25. The van der Waals surface area contributed by atoms with Gasteiger partial charge in [0, 0.05) is 0 Å². The van der Waals surface area contributed by atoms with Gasteiger partial charge in [0.05, 0.1) is 35.3 Å². The third kappa shape index (κ3) is 3.05. The molecular formula is C14H14N2O6. The number of fused-ring (bicyclic) bond motifs is 1. The molecule has 1 heterocycles. The first-order valence-corrected chi connectivity index (χ1v) is 6.58. The number of nitro groups is 1. The van der Waals surface area contributed by atoms with E-state index in [2.05, 4.69) is 4.98 Å². The molecule has 0 amide bonds. The maximum Gasteiger partial charge on any atom is 0.312 e. The number of aromatic nitrogens is 1. The summed E-state index contributed by atoms with van der Waals surface area (Å²) in [6, 6.07) is 4.72. The molecule has 8 nitrogen and oxygen atoms in total. The molecule has 0 aliphatic carbocycles. The maximum absolute atomic E-state index is 11.6. The molecular weight excluding hydrogens is 292 g/mol. The number of H-pyrrole nitrogens is 1. The Labute approximate surface area is 124 Å². The normalized spacial score (nSPS) is 10.6. The van der Waals surface area contributed by atoms with Crippen molar-refractivity contribution in [2.24, 2.45) is 0 Å². The van der Waals surface area contributed by atoms with Gasteiger partial charge < -0.3 is 14.8 Å². The molecule has 2 rings (SSSR count). The summed E-state index contributed by atoms with van der Waals surface area (Å²) in [7, 11) is 0. The summed E-state index contributed by atoms with van der Waals surface area (Å²) in [4.78, 5) is 36.0. The maximum atomic E-state index is 11.6. The first-order valence-electron chi connectivity index (χ1n) is 6.58. The number of aromatic amines is 1. The van der Waals surface area contributed by atoms with Crippen LogP contribution in [0, 0.1) is 10.1 Å². The fraction of sp³-hybridized carbons (Fsp3) is 0.286. The topological polar surface area (TPSA) is 123 Å². The Balaban J connectivity index is 2.58. The van der Waals surface area contributed by atoms with Gasteiger partial charge in [0.2, 0.25) is 0 Å². The van der Waals surface area contributed by atoms with Crippen LogP contribution in [0.1, 0.15) is 18.2 Å². The van der Waals surface area contributed by atoms with Crippen molar-refractivity contribution in [2.45, 2.75) is 19.8 Å². The molecule has 0 aliphatic rings. The number of carboxylic acids is 1. The number of ether oxygens (including phenoxy) is 1. The van der Waals surface area contributed by atoms with E-state index in [1.807, 2.05) is 0 Å². The van der Waals surface area contributed by atoms with Crippen LogP contribution in [0.15, 0.2) is 18.2 Å². The minimum absolute atomic E-state index is 0.108. The molecule has 0 aliphatic heterocycles. The van der Waals surface area contributed by atoms with E-state index in [1.54, 1.807) is 19.1 Å². The van der Waals surface area contributed by atoms with E-state index in [0.29, 0.717) is 11.1 Å². The van der Waals surface area contributed by atoms with Gasteiger partial charge in [0.1, 0.15) is 5.69 Å². The molecule has 0 spiro atoms. The van der Waals surface area contributed by atoms with Crippen molar-refractivity contribution in [3.8, 4) is 0 Å². The highest BCUT2D eigenvalue weighted by atomic mass is 16.6. The molecule has 0 bridgehead atoms. The quantitative estimate of drug-likeness (QED) is 0.476. The van der Waals surface area contributed by atoms with Gasteiger partial charge in [-0.15, -0.1) is 0 Å². The van der Waals surface area contributed by atoms with Crippen molar-refractivity contribution in [2.75, 3.05) is 6.61 Å². The lowest BCUT2D eigenvalue weighted by Gasteiger charge is -2.01. The zero-order valence-corrected chi connectivity index (χ0v) is 11.8. The molecule has 0 atom stereocenters. The Morgan fingerprint density at radius 3 is 2.68 bits per heavy atom. The standard InChI is InChI=1S/C14H14N2O6/c1-2-22-12(19)7-10-14(16(20)21)13-8(6-11(17)18)4-3-5-9(13)15-10/h3-5,15H,2,6-7H2,1H3,(H,17,18). The second-order valence-electron chi connectivity index (χ2n) is 4.60. The van der Waals surface area contributed by atoms with Gasteiger partial charge in [-0.2, -0.15) is 0 Å². The van der Waals surface area contributed by atoms with E-state index in [9.17, 15) is 19.7 Å². The largest absolute Gasteiger partial charge is 0.481 e. The Morgan fingerprint density at radius 1 is 1.36 bits per heavy atom. The summed E-state index contributed by atoms with van der Waals surface area (Å²) < 4.78 is 4.80. The number of rotatable bonds is 6. The predicted octanol–water partition coefficient (Wildman–Crippen LogP) is 1.81. The molecule has 0 fully saturated rings. The van der Waals surface area contributed by atoms with Gasteiger partial charge in [-0.3, -0.25) is 19.7 Å². The van der Waals surface area contributed by atoms with E-state index < -0.39 is 16.9 Å². The number of carbonyl (C=O) groups is 2. The van der Waals surface area contributed by atoms with Crippen molar-refractivity contribution < 1.29 is 24.4 Å². The molecule has 1 aromatic heterocycles. The van der Waals surface area contributed by atoms with Crippen LogP contribution < -0.4 is 0 Å². The lowest BCUT2D eigenvalue weighted by atomic mass is 10.1. The minimum atomic E-state index is -1.09. The number of carboxylic acid groups (broad SMARTS) is 1. The Hall–Kier alpha value is -2.90.